The molecule has 154 valence electrons. The number of carbonyl (C=O) groups excluding carboxylic acids is 2. The number of primary amides is 1. The topological polar surface area (TPSA) is 103 Å². The molecule has 6 heteroatoms. The van der Waals surface area contributed by atoms with Crippen LogP contribution >= 0.6 is 0 Å². The van der Waals surface area contributed by atoms with Gasteiger partial charge in [0.25, 0.3) is 0 Å². The van der Waals surface area contributed by atoms with Gasteiger partial charge in [-0.25, -0.2) is 4.79 Å². The lowest BCUT2D eigenvalue weighted by Gasteiger charge is -2.61. The Morgan fingerprint density at radius 1 is 1.07 bits per heavy atom. The summed E-state index contributed by atoms with van der Waals surface area (Å²) in [5.41, 5.74) is 5.88. The number of carbonyl (C=O) groups is 2. The number of fused-ring (bicyclic) bond motifs is 3. The highest BCUT2D eigenvalue weighted by atomic mass is 16.5. The molecule has 3 aromatic rings. The first-order valence-corrected chi connectivity index (χ1v) is 10.5. The van der Waals surface area contributed by atoms with Crippen molar-refractivity contribution >= 4 is 33.8 Å². The van der Waals surface area contributed by atoms with E-state index in [4.69, 9.17) is 14.9 Å². The van der Waals surface area contributed by atoms with Crippen LogP contribution in [-0.4, -0.2) is 28.7 Å². The summed E-state index contributed by atoms with van der Waals surface area (Å²) >= 11 is 0. The molecule has 5 unspecified atom stereocenters. The Morgan fingerprint density at radius 3 is 2.67 bits per heavy atom. The lowest BCUT2D eigenvalue weighted by molar-refractivity contribution is -0.217. The van der Waals surface area contributed by atoms with E-state index in [1.165, 1.54) is 0 Å². The van der Waals surface area contributed by atoms with E-state index in [0.29, 0.717) is 30.4 Å². The minimum atomic E-state index is -0.971. The molecule has 5 atom stereocenters. The smallest absolute Gasteiger partial charge is 0.338 e. The number of hydrogen-bond donors (Lipinski definition) is 2. The maximum Gasteiger partial charge on any atom is 0.338 e. The second-order valence-electron chi connectivity index (χ2n) is 9.53. The first kappa shape index (κ1) is 18.0. The molecule has 6 nitrogen and oxygen atoms in total. The normalized spacial score (nSPS) is 34.5. The predicted molar refractivity (Wildman–Crippen MR) is 110 cm³/mol. The summed E-state index contributed by atoms with van der Waals surface area (Å²) in [7, 11) is 0. The van der Waals surface area contributed by atoms with Crippen LogP contribution in [0.1, 0.15) is 42.5 Å². The standard InChI is InChI=1S/C24H23NO5/c25-22(27)24-10-13-7-15(11-23(28,9-13)12-24)20(24)30-21(26)14-5-6-19-17(8-14)16-3-1-2-4-18(16)29-19/h1-6,8,13,15,20,28H,7,9-12H2,(H2,25,27). The van der Waals surface area contributed by atoms with E-state index in [0.717, 1.165) is 22.8 Å². The summed E-state index contributed by atoms with van der Waals surface area (Å²) in [5.74, 6) is -0.707. The van der Waals surface area contributed by atoms with Gasteiger partial charge in [-0.2, -0.15) is 0 Å². The predicted octanol–water partition coefficient (Wildman–Crippen LogP) is 3.54. The van der Waals surface area contributed by atoms with Gasteiger partial charge in [0.1, 0.15) is 17.3 Å². The molecule has 4 bridgehead atoms. The summed E-state index contributed by atoms with van der Waals surface area (Å²) in [5, 5.41) is 12.7. The van der Waals surface area contributed by atoms with Gasteiger partial charge < -0.3 is 20.0 Å². The van der Waals surface area contributed by atoms with E-state index < -0.39 is 29.0 Å². The largest absolute Gasteiger partial charge is 0.457 e. The zero-order valence-corrected chi connectivity index (χ0v) is 16.5. The molecule has 4 fully saturated rings. The van der Waals surface area contributed by atoms with Gasteiger partial charge in [-0.3, -0.25) is 4.79 Å². The summed E-state index contributed by atoms with van der Waals surface area (Å²) in [6, 6.07) is 12.9. The minimum absolute atomic E-state index is 0.0359. The van der Waals surface area contributed by atoms with Crippen LogP contribution in [-0.2, 0) is 9.53 Å². The molecule has 1 amide bonds. The van der Waals surface area contributed by atoms with Crippen LogP contribution in [0, 0.1) is 17.3 Å². The Bertz CT molecular complexity index is 1210. The van der Waals surface area contributed by atoms with E-state index in [-0.39, 0.29) is 18.3 Å². The average Bonchev–Trinajstić information content (AvgIpc) is 3.07. The van der Waals surface area contributed by atoms with Crippen LogP contribution < -0.4 is 5.73 Å². The lowest BCUT2D eigenvalue weighted by atomic mass is 9.46. The van der Waals surface area contributed by atoms with Crippen LogP contribution in [0.25, 0.3) is 21.9 Å². The highest BCUT2D eigenvalue weighted by molar-refractivity contribution is 6.07. The van der Waals surface area contributed by atoms with E-state index in [2.05, 4.69) is 0 Å². The first-order valence-electron chi connectivity index (χ1n) is 10.5. The maximum absolute atomic E-state index is 13.1. The number of rotatable bonds is 3. The van der Waals surface area contributed by atoms with Gasteiger partial charge in [0.05, 0.1) is 16.6 Å². The molecule has 4 saturated carbocycles. The molecule has 1 aromatic heterocycles. The van der Waals surface area contributed by atoms with Crippen molar-refractivity contribution in [1.29, 1.82) is 0 Å². The third-order valence-corrected chi connectivity index (χ3v) is 7.55. The number of para-hydroxylation sites is 1. The van der Waals surface area contributed by atoms with Crippen molar-refractivity contribution in [3.63, 3.8) is 0 Å². The first-order chi connectivity index (χ1) is 14.4. The molecule has 30 heavy (non-hydrogen) atoms. The Morgan fingerprint density at radius 2 is 1.87 bits per heavy atom. The number of benzene rings is 2. The van der Waals surface area contributed by atoms with Crippen LogP contribution in [0.2, 0.25) is 0 Å². The average molecular weight is 405 g/mol. The fourth-order valence-corrected chi connectivity index (χ4v) is 6.65. The second kappa shape index (κ2) is 5.85. The molecule has 1 heterocycles. The van der Waals surface area contributed by atoms with Gasteiger partial charge in [0.2, 0.25) is 5.91 Å². The van der Waals surface area contributed by atoms with Gasteiger partial charge in [0.15, 0.2) is 0 Å². The highest BCUT2D eigenvalue weighted by Gasteiger charge is 2.66. The summed E-state index contributed by atoms with van der Waals surface area (Å²) in [6.45, 7) is 0. The molecule has 7 rings (SSSR count). The summed E-state index contributed by atoms with van der Waals surface area (Å²) in [4.78, 5) is 25.6. The fourth-order valence-electron chi connectivity index (χ4n) is 6.65. The van der Waals surface area contributed by atoms with E-state index in [1.807, 2.05) is 24.3 Å². The quantitative estimate of drug-likeness (QED) is 0.649. The number of esters is 1. The fraction of sp³-hybridized carbons (Fsp3) is 0.417. The van der Waals surface area contributed by atoms with Crippen LogP contribution in [0.4, 0.5) is 0 Å². The third kappa shape index (κ3) is 2.40. The second-order valence-corrected chi connectivity index (χ2v) is 9.53. The van der Waals surface area contributed by atoms with Crippen molar-refractivity contribution in [2.75, 3.05) is 0 Å². The van der Waals surface area contributed by atoms with Gasteiger partial charge in [-0.15, -0.1) is 0 Å². The SMILES string of the molecule is NC(=O)C12CC3CC(CC(O)(C3)C1)C2OC(=O)c1ccc2oc3ccccc3c2c1. The molecular formula is C24H23NO5. The van der Waals surface area contributed by atoms with Crippen molar-refractivity contribution < 1.29 is 23.8 Å². The number of amides is 1. The molecule has 4 aliphatic carbocycles. The van der Waals surface area contributed by atoms with Crippen LogP contribution in [0.15, 0.2) is 46.9 Å². The lowest BCUT2D eigenvalue weighted by Crippen LogP contribution is -2.67. The molecule has 0 radical (unpaired) electrons. The number of hydrogen-bond acceptors (Lipinski definition) is 5. The molecular weight excluding hydrogens is 382 g/mol. The molecule has 2 aromatic carbocycles. The van der Waals surface area contributed by atoms with Crippen LogP contribution in [0.5, 0.6) is 0 Å². The zero-order chi connectivity index (χ0) is 20.7. The molecule has 4 aliphatic rings. The Kier molecular flexibility index (Phi) is 3.50. The molecule has 3 N–H and O–H groups in total. The number of furan rings is 1. The van der Waals surface area contributed by atoms with Crippen molar-refractivity contribution in [1.82, 2.24) is 0 Å². The zero-order valence-electron chi connectivity index (χ0n) is 16.5. The summed E-state index contributed by atoms with van der Waals surface area (Å²) in [6.07, 6.45) is 2.42. The Hall–Kier alpha value is -2.86. The van der Waals surface area contributed by atoms with E-state index in [9.17, 15) is 14.7 Å². The van der Waals surface area contributed by atoms with E-state index >= 15 is 0 Å². The van der Waals surface area contributed by atoms with Crippen molar-refractivity contribution in [2.24, 2.45) is 23.0 Å². The van der Waals surface area contributed by atoms with Gasteiger partial charge in [0, 0.05) is 16.7 Å². The maximum atomic E-state index is 13.1. The minimum Gasteiger partial charge on any atom is -0.457 e. The Labute approximate surface area is 173 Å². The highest BCUT2D eigenvalue weighted by Crippen LogP contribution is 2.62. The van der Waals surface area contributed by atoms with Crippen molar-refractivity contribution in [3.8, 4) is 0 Å². The number of aliphatic hydroxyl groups is 1. The van der Waals surface area contributed by atoms with Crippen LogP contribution in [0.3, 0.4) is 0 Å². The van der Waals surface area contributed by atoms with Gasteiger partial charge in [-0.05, 0) is 62.3 Å². The Balaban J connectivity index is 1.35. The third-order valence-electron chi connectivity index (χ3n) is 7.55. The molecule has 0 aliphatic heterocycles. The number of nitrogens with two attached hydrogens (primary N) is 1. The molecule has 0 spiro atoms. The van der Waals surface area contributed by atoms with Crippen molar-refractivity contribution in [2.45, 2.75) is 43.8 Å². The van der Waals surface area contributed by atoms with Gasteiger partial charge >= 0.3 is 5.97 Å². The molecule has 0 saturated heterocycles. The van der Waals surface area contributed by atoms with Gasteiger partial charge in [-0.1, -0.05) is 18.2 Å². The van der Waals surface area contributed by atoms with Crippen molar-refractivity contribution in [3.05, 3.63) is 48.0 Å². The van der Waals surface area contributed by atoms with E-state index in [1.54, 1.807) is 18.2 Å². The number of ether oxygens (including phenoxy) is 1. The summed E-state index contributed by atoms with van der Waals surface area (Å²) < 4.78 is 11.8. The monoisotopic (exact) mass is 405 g/mol.